The zero-order valence-corrected chi connectivity index (χ0v) is 15.8. The van der Waals surface area contributed by atoms with Crippen molar-refractivity contribution in [2.24, 2.45) is 0 Å². The summed E-state index contributed by atoms with van der Waals surface area (Å²) in [5.74, 6) is 1.14. The molecule has 0 spiro atoms. The SMILES string of the molecule is CCCCOc1ccc(CCNn2c(C)nc3c(F)cccc32)cc1Cl. The average Bonchev–Trinajstić information content (AvgIpc) is 2.94. The molecular formula is C20H23ClFN3O. The van der Waals surface area contributed by atoms with Gasteiger partial charge in [-0.3, -0.25) is 0 Å². The van der Waals surface area contributed by atoms with Gasteiger partial charge in [0.15, 0.2) is 5.82 Å². The van der Waals surface area contributed by atoms with E-state index >= 15 is 0 Å². The summed E-state index contributed by atoms with van der Waals surface area (Å²) < 4.78 is 21.3. The van der Waals surface area contributed by atoms with Crippen molar-refractivity contribution in [3.05, 3.63) is 58.6 Å². The number of rotatable bonds is 8. The Hall–Kier alpha value is -2.27. The Bertz CT molecular complexity index is 894. The molecule has 138 valence electrons. The summed E-state index contributed by atoms with van der Waals surface area (Å²) in [6.45, 7) is 5.34. The van der Waals surface area contributed by atoms with E-state index in [2.05, 4.69) is 17.3 Å². The van der Waals surface area contributed by atoms with Gasteiger partial charge in [0.2, 0.25) is 0 Å². The molecule has 1 heterocycles. The van der Waals surface area contributed by atoms with E-state index in [1.165, 1.54) is 6.07 Å². The molecule has 26 heavy (non-hydrogen) atoms. The summed E-state index contributed by atoms with van der Waals surface area (Å²) >= 11 is 6.31. The number of nitrogens with one attached hydrogen (secondary N) is 1. The summed E-state index contributed by atoms with van der Waals surface area (Å²) in [5.41, 5.74) is 5.53. The number of para-hydroxylation sites is 1. The van der Waals surface area contributed by atoms with Crippen LogP contribution in [-0.4, -0.2) is 22.8 Å². The van der Waals surface area contributed by atoms with Crippen LogP contribution in [0.4, 0.5) is 4.39 Å². The van der Waals surface area contributed by atoms with Crippen LogP contribution in [0.15, 0.2) is 36.4 Å². The van der Waals surface area contributed by atoms with E-state index in [9.17, 15) is 4.39 Å². The first-order valence-corrected chi connectivity index (χ1v) is 9.26. The normalized spacial score (nSPS) is 11.1. The van der Waals surface area contributed by atoms with E-state index in [-0.39, 0.29) is 5.82 Å². The van der Waals surface area contributed by atoms with Crippen molar-refractivity contribution in [2.75, 3.05) is 18.6 Å². The van der Waals surface area contributed by atoms with Gasteiger partial charge in [-0.1, -0.05) is 37.1 Å². The second-order valence-corrected chi connectivity index (χ2v) is 6.63. The zero-order chi connectivity index (χ0) is 18.5. The van der Waals surface area contributed by atoms with E-state index in [0.717, 1.165) is 41.9 Å². The Morgan fingerprint density at radius 1 is 1.27 bits per heavy atom. The van der Waals surface area contributed by atoms with Crippen molar-refractivity contribution in [2.45, 2.75) is 33.1 Å². The molecule has 0 aliphatic carbocycles. The predicted octanol–water partition coefficient (Wildman–Crippen LogP) is 5.10. The number of imidazole rings is 1. The van der Waals surface area contributed by atoms with Gasteiger partial charge in [0.25, 0.3) is 0 Å². The van der Waals surface area contributed by atoms with Crippen LogP contribution in [0.1, 0.15) is 31.2 Å². The lowest BCUT2D eigenvalue weighted by Crippen LogP contribution is -2.18. The molecule has 0 aliphatic rings. The number of aryl methyl sites for hydroxylation is 1. The molecule has 0 saturated carbocycles. The van der Waals surface area contributed by atoms with Crippen LogP contribution in [0.3, 0.4) is 0 Å². The first-order valence-electron chi connectivity index (χ1n) is 8.89. The predicted molar refractivity (Wildman–Crippen MR) is 104 cm³/mol. The minimum Gasteiger partial charge on any atom is -0.492 e. The van der Waals surface area contributed by atoms with Crippen molar-refractivity contribution >= 4 is 22.6 Å². The molecule has 0 aliphatic heterocycles. The molecule has 0 bridgehead atoms. The Kier molecular flexibility index (Phi) is 5.99. The van der Waals surface area contributed by atoms with Crippen LogP contribution in [0.2, 0.25) is 5.02 Å². The van der Waals surface area contributed by atoms with Crippen molar-refractivity contribution in [1.29, 1.82) is 0 Å². The molecule has 0 radical (unpaired) electrons. The molecule has 1 N–H and O–H groups in total. The van der Waals surface area contributed by atoms with Crippen LogP contribution in [0.25, 0.3) is 11.0 Å². The van der Waals surface area contributed by atoms with E-state index < -0.39 is 0 Å². The molecule has 0 fully saturated rings. The molecule has 1 aromatic heterocycles. The number of halogens is 2. The van der Waals surface area contributed by atoms with Crippen molar-refractivity contribution in [1.82, 2.24) is 9.66 Å². The highest BCUT2D eigenvalue weighted by molar-refractivity contribution is 6.32. The fourth-order valence-electron chi connectivity index (χ4n) is 2.84. The van der Waals surface area contributed by atoms with Gasteiger partial charge >= 0.3 is 0 Å². The third kappa shape index (κ3) is 4.10. The largest absolute Gasteiger partial charge is 0.492 e. The first kappa shape index (κ1) is 18.5. The maximum absolute atomic E-state index is 13.8. The Labute approximate surface area is 157 Å². The molecule has 0 atom stereocenters. The quantitative estimate of drug-likeness (QED) is 0.556. The minimum atomic E-state index is -0.309. The molecular weight excluding hydrogens is 353 g/mol. The number of hydrogen-bond donors (Lipinski definition) is 1. The summed E-state index contributed by atoms with van der Waals surface area (Å²) in [7, 11) is 0. The molecule has 3 rings (SSSR count). The Morgan fingerprint density at radius 2 is 2.12 bits per heavy atom. The van der Waals surface area contributed by atoms with Gasteiger partial charge in [-0.25, -0.2) is 14.1 Å². The lowest BCUT2D eigenvalue weighted by atomic mass is 10.1. The van der Waals surface area contributed by atoms with Gasteiger partial charge in [-0.2, -0.15) is 0 Å². The van der Waals surface area contributed by atoms with E-state index in [4.69, 9.17) is 16.3 Å². The second kappa shape index (κ2) is 8.41. The number of hydrogen-bond acceptors (Lipinski definition) is 3. The summed E-state index contributed by atoms with van der Waals surface area (Å²) in [6, 6.07) is 10.8. The smallest absolute Gasteiger partial charge is 0.151 e. The van der Waals surface area contributed by atoms with Crippen molar-refractivity contribution in [3.8, 4) is 5.75 Å². The van der Waals surface area contributed by atoms with E-state index in [1.54, 1.807) is 6.07 Å². The van der Waals surface area contributed by atoms with Crippen LogP contribution in [0, 0.1) is 12.7 Å². The average molecular weight is 376 g/mol. The zero-order valence-electron chi connectivity index (χ0n) is 15.1. The highest BCUT2D eigenvalue weighted by atomic mass is 35.5. The molecule has 2 aromatic carbocycles. The summed E-state index contributed by atoms with van der Waals surface area (Å²) in [6.07, 6.45) is 2.89. The standard InChI is InChI=1S/C20H23ClFN3O/c1-3-4-12-26-19-9-8-15(13-16(19)21)10-11-23-25-14(2)24-20-17(22)6-5-7-18(20)25/h5-9,13,23H,3-4,10-12H2,1-2H3. The Morgan fingerprint density at radius 3 is 2.88 bits per heavy atom. The highest BCUT2D eigenvalue weighted by Crippen LogP contribution is 2.26. The van der Waals surface area contributed by atoms with E-state index in [1.807, 2.05) is 35.9 Å². The summed E-state index contributed by atoms with van der Waals surface area (Å²) in [4.78, 5) is 4.29. The molecule has 3 aromatic rings. The van der Waals surface area contributed by atoms with Gasteiger partial charge in [-0.05, 0) is 49.6 Å². The number of unbranched alkanes of at least 4 members (excludes halogenated alkanes) is 1. The first-order chi connectivity index (χ1) is 12.6. The van der Waals surface area contributed by atoms with Crippen LogP contribution < -0.4 is 10.2 Å². The van der Waals surface area contributed by atoms with Crippen molar-refractivity contribution < 1.29 is 9.13 Å². The van der Waals surface area contributed by atoms with Gasteiger partial charge < -0.3 is 10.2 Å². The molecule has 6 heteroatoms. The Balaban J connectivity index is 1.63. The number of nitrogens with zero attached hydrogens (tertiary/aromatic N) is 2. The fourth-order valence-corrected chi connectivity index (χ4v) is 3.09. The lowest BCUT2D eigenvalue weighted by molar-refractivity contribution is 0.309. The minimum absolute atomic E-state index is 0.309. The third-order valence-corrected chi connectivity index (χ3v) is 4.53. The van der Waals surface area contributed by atoms with Gasteiger partial charge in [0.05, 0.1) is 17.1 Å². The maximum Gasteiger partial charge on any atom is 0.151 e. The fraction of sp³-hybridized carbons (Fsp3) is 0.350. The topological polar surface area (TPSA) is 39.1 Å². The van der Waals surface area contributed by atoms with Gasteiger partial charge in [0.1, 0.15) is 17.1 Å². The van der Waals surface area contributed by atoms with Crippen molar-refractivity contribution in [3.63, 3.8) is 0 Å². The number of benzene rings is 2. The van der Waals surface area contributed by atoms with Crippen LogP contribution in [-0.2, 0) is 6.42 Å². The van der Waals surface area contributed by atoms with Gasteiger partial charge in [-0.15, -0.1) is 0 Å². The molecule has 0 saturated heterocycles. The second-order valence-electron chi connectivity index (χ2n) is 6.23. The molecule has 0 unspecified atom stereocenters. The third-order valence-electron chi connectivity index (χ3n) is 4.24. The monoisotopic (exact) mass is 375 g/mol. The number of aromatic nitrogens is 2. The maximum atomic E-state index is 13.8. The van der Waals surface area contributed by atoms with Crippen LogP contribution in [0.5, 0.6) is 5.75 Å². The highest BCUT2D eigenvalue weighted by Gasteiger charge is 2.10. The van der Waals surface area contributed by atoms with E-state index in [0.29, 0.717) is 23.7 Å². The molecule has 0 amide bonds. The van der Waals surface area contributed by atoms with Gasteiger partial charge in [0, 0.05) is 6.54 Å². The lowest BCUT2D eigenvalue weighted by Gasteiger charge is -2.12. The van der Waals surface area contributed by atoms with Crippen LogP contribution >= 0.6 is 11.6 Å². The number of ether oxygens (including phenoxy) is 1. The summed E-state index contributed by atoms with van der Waals surface area (Å²) in [5, 5.41) is 0.630. The molecule has 4 nitrogen and oxygen atoms in total. The number of fused-ring (bicyclic) bond motifs is 1.